The fourth-order valence-corrected chi connectivity index (χ4v) is 2.99. The lowest BCUT2D eigenvalue weighted by Gasteiger charge is -2.33. The topological polar surface area (TPSA) is 9.23 Å². The monoisotopic (exact) mass is 411 g/mol. The molecule has 28 heavy (non-hydrogen) atoms. The second-order valence-corrected chi connectivity index (χ2v) is 6.27. The molecule has 0 saturated carbocycles. The third kappa shape index (κ3) is 3.72. The molecule has 0 amide bonds. The van der Waals surface area contributed by atoms with E-state index in [4.69, 9.17) is 4.74 Å². The Balaban J connectivity index is 3.02. The Morgan fingerprint density at radius 1 is 0.929 bits per heavy atom. The Labute approximate surface area is 155 Å². The molecule has 1 nitrogen and oxygen atoms in total. The lowest BCUT2D eigenvalue weighted by atomic mass is 9.82. The van der Waals surface area contributed by atoms with Crippen LogP contribution in [0.15, 0.2) is 24.3 Å². The van der Waals surface area contributed by atoms with Crippen molar-refractivity contribution in [3.8, 4) is 11.1 Å². The second kappa shape index (κ2) is 7.35. The van der Waals surface area contributed by atoms with Gasteiger partial charge >= 0.3 is 18.0 Å². The molecule has 0 fully saturated rings. The second-order valence-electron chi connectivity index (χ2n) is 6.27. The molecule has 2 rings (SSSR count). The van der Waals surface area contributed by atoms with Crippen LogP contribution in [-0.2, 0) is 17.0 Å². The Kier molecular flexibility index (Phi) is 5.81. The van der Waals surface area contributed by atoms with Gasteiger partial charge in [-0.25, -0.2) is 8.78 Å². The molecule has 0 aliphatic heterocycles. The van der Waals surface area contributed by atoms with Gasteiger partial charge in [-0.1, -0.05) is 12.1 Å². The van der Waals surface area contributed by atoms with Gasteiger partial charge in [0, 0.05) is 12.7 Å². The van der Waals surface area contributed by atoms with E-state index in [1.165, 1.54) is 21.0 Å². The summed E-state index contributed by atoms with van der Waals surface area (Å²) in [5.41, 5.74) is -8.45. The van der Waals surface area contributed by atoms with Gasteiger partial charge in [-0.2, -0.15) is 26.3 Å². The number of aryl methyl sites for hydroxylation is 2. The summed E-state index contributed by atoms with van der Waals surface area (Å²) in [6.07, 6.45) is -12.6. The molecule has 0 aromatic heterocycles. The summed E-state index contributed by atoms with van der Waals surface area (Å²) in [4.78, 5) is 0. The minimum atomic E-state index is -6.29. The number of ether oxygens (including phenoxy) is 1. The maximum Gasteiger partial charge on any atom is 0.435 e. The van der Waals surface area contributed by atoms with Gasteiger partial charge in [0.05, 0.1) is 6.61 Å². The Morgan fingerprint density at radius 2 is 1.50 bits per heavy atom. The molecule has 0 unspecified atom stereocenters. The van der Waals surface area contributed by atoms with Gasteiger partial charge in [0.2, 0.25) is 0 Å². The van der Waals surface area contributed by atoms with E-state index in [0.29, 0.717) is 6.07 Å². The van der Waals surface area contributed by atoms with E-state index in [1.807, 2.05) is 0 Å². The van der Waals surface area contributed by atoms with Crippen LogP contribution in [0.1, 0.15) is 22.3 Å². The molecule has 2 aromatic rings. The molecule has 0 heterocycles. The zero-order chi connectivity index (χ0) is 21.5. The SMILES string of the molecule is COCc1[c]c(C)cc(C(F)(C(F)(F)F)C(F)(F)F)c1-c1ccc(F)cc1C. The number of alkyl halides is 7. The van der Waals surface area contributed by atoms with Crippen LogP contribution >= 0.6 is 0 Å². The number of rotatable bonds is 4. The van der Waals surface area contributed by atoms with E-state index in [2.05, 4.69) is 6.07 Å². The first-order valence-corrected chi connectivity index (χ1v) is 7.88. The van der Waals surface area contributed by atoms with Crippen LogP contribution in [0.2, 0.25) is 0 Å². The Bertz CT molecular complexity index is 853. The van der Waals surface area contributed by atoms with E-state index in [1.54, 1.807) is 0 Å². The van der Waals surface area contributed by atoms with Gasteiger partial charge in [-0.05, 0) is 59.9 Å². The van der Waals surface area contributed by atoms with Crippen LogP contribution in [0.5, 0.6) is 0 Å². The van der Waals surface area contributed by atoms with Crippen molar-refractivity contribution in [3.05, 3.63) is 58.4 Å². The highest BCUT2D eigenvalue weighted by Crippen LogP contribution is 2.56. The van der Waals surface area contributed by atoms with E-state index in [-0.39, 0.29) is 22.3 Å². The summed E-state index contributed by atoms with van der Waals surface area (Å²) in [6, 6.07) is 5.86. The van der Waals surface area contributed by atoms with Gasteiger partial charge in [0.25, 0.3) is 0 Å². The lowest BCUT2D eigenvalue weighted by Crippen LogP contribution is -2.50. The van der Waals surface area contributed by atoms with Gasteiger partial charge in [-0.15, -0.1) is 0 Å². The third-order valence-corrected chi connectivity index (χ3v) is 4.18. The average Bonchev–Trinajstić information content (AvgIpc) is 2.52. The molecule has 0 spiro atoms. The number of benzene rings is 2. The molecule has 1 radical (unpaired) electrons. The number of halogens is 8. The fourth-order valence-electron chi connectivity index (χ4n) is 2.99. The van der Waals surface area contributed by atoms with Crippen LogP contribution < -0.4 is 0 Å². The first kappa shape index (κ1) is 22.1. The Hall–Kier alpha value is -2.16. The molecule has 2 aromatic carbocycles. The van der Waals surface area contributed by atoms with Gasteiger partial charge in [0.15, 0.2) is 0 Å². The molecule has 0 saturated heterocycles. The molecule has 0 aliphatic carbocycles. The number of hydrogen-bond acceptors (Lipinski definition) is 1. The van der Waals surface area contributed by atoms with Crippen LogP contribution in [0.25, 0.3) is 11.1 Å². The highest BCUT2D eigenvalue weighted by atomic mass is 19.4. The summed E-state index contributed by atoms with van der Waals surface area (Å²) in [5.74, 6) is -0.745. The number of methoxy groups -OCH3 is 1. The van der Waals surface area contributed by atoms with Gasteiger partial charge in [-0.3, -0.25) is 0 Å². The van der Waals surface area contributed by atoms with E-state index in [0.717, 1.165) is 18.2 Å². The maximum atomic E-state index is 14.9. The first-order valence-electron chi connectivity index (χ1n) is 7.88. The predicted molar refractivity (Wildman–Crippen MR) is 85.8 cm³/mol. The van der Waals surface area contributed by atoms with E-state index < -0.39 is 41.6 Å². The van der Waals surface area contributed by atoms with Crippen LogP contribution in [0.3, 0.4) is 0 Å². The minimum absolute atomic E-state index is 0.0301. The van der Waals surface area contributed by atoms with Crippen molar-refractivity contribution in [2.45, 2.75) is 38.5 Å². The van der Waals surface area contributed by atoms with Crippen LogP contribution in [-0.4, -0.2) is 19.5 Å². The smallest absolute Gasteiger partial charge is 0.380 e. The standard InChI is InChI=1S/C19H15F8O/c1-10-6-12(9-28-3)16(14-5-4-13(20)8-11(14)2)15(7-10)17(21,18(22,23)24)19(25,26)27/h4-5,7-8H,9H2,1-3H3. The third-order valence-electron chi connectivity index (χ3n) is 4.18. The summed E-state index contributed by atoms with van der Waals surface area (Å²) in [5, 5.41) is 0. The lowest BCUT2D eigenvalue weighted by molar-refractivity contribution is -0.348. The molecule has 0 atom stereocenters. The predicted octanol–water partition coefficient (Wildman–Crippen LogP) is 6.35. The molecule has 9 heteroatoms. The summed E-state index contributed by atoms with van der Waals surface area (Å²) in [6.45, 7) is 2.06. The highest BCUT2D eigenvalue weighted by molar-refractivity contribution is 5.75. The minimum Gasteiger partial charge on any atom is -0.380 e. The van der Waals surface area contributed by atoms with E-state index in [9.17, 15) is 35.1 Å². The zero-order valence-corrected chi connectivity index (χ0v) is 14.9. The molecular formula is C19H15F8O. The maximum absolute atomic E-state index is 14.9. The summed E-state index contributed by atoms with van der Waals surface area (Å²) in [7, 11) is 1.17. The largest absolute Gasteiger partial charge is 0.435 e. The van der Waals surface area contributed by atoms with Crippen molar-refractivity contribution in [1.82, 2.24) is 0 Å². The molecule has 0 bridgehead atoms. The Morgan fingerprint density at radius 3 is 1.96 bits per heavy atom. The van der Waals surface area contributed by atoms with Crippen LogP contribution in [0.4, 0.5) is 35.1 Å². The summed E-state index contributed by atoms with van der Waals surface area (Å²) >= 11 is 0. The van der Waals surface area contributed by atoms with Crippen LogP contribution in [0, 0.1) is 25.7 Å². The van der Waals surface area contributed by atoms with Crippen molar-refractivity contribution in [3.63, 3.8) is 0 Å². The first-order chi connectivity index (χ1) is 12.7. The van der Waals surface area contributed by atoms with Crippen molar-refractivity contribution in [2.75, 3.05) is 7.11 Å². The number of hydrogen-bond donors (Lipinski definition) is 0. The fraction of sp³-hybridized carbons (Fsp3) is 0.368. The quantitative estimate of drug-likeness (QED) is 0.533. The molecule has 0 aliphatic rings. The van der Waals surface area contributed by atoms with Gasteiger partial charge in [0.1, 0.15) is 5.82 Å². The van der Waals surface area contributed by atoms with Crippen molar-refractivity contribution in [1.29, 1.82) is 0 Å². The van der Waals surface area contributed by atoms with E-state index >= 15 is 0 Å². The highest BCUT2D eigenvalue weighted by Gasteiger charge is 2.74. The average molecular weight is 411 g/mol. The van der Waals surface area contributed by atoms with Crippen molar-refractivity contribution >= 4 is 0 Å². The van der Waals surface area contributed by atoms with Crippen molar-refractivity contribution < 1.29 is 39.9 Å². The summed E-state index contributed by atoms with van der Waals surface area (Å²) < 4.78 is 114. The molecular weight excluding hydrogens is 396 g/mol. The van der Waals surface area contributed by atoms with Gasteiger partial charge < -0.3 is 4.74 Å². The normalized spacial score (nSPS) is 13.1. The zero-order valence-electron chi connectivity index (χ0n) is 14.9. The van der Waals surface area contributed by atoms with Crippen molar-refractivity contribution in [2.24, 2.45) is 0 Å². The molecule has 153 valence electrons. The molecule has 0 N–H and O–H groups in total.